The lowest BCUT2D eigenvalue weighted by Gasteiger charge is -2.19. The van der Waals surface area contributed by atoms with Crippen molar-refractivity contribution in [3.05, 3.63) is 60.2 Å². The number of allylic oxidation sites excluding steroid dienone is 4. The minimum atomic E-state index is 0.167. The van der Waals surface area contributed by atoms with Gasteiger partial charge in [0.1, 0.15) is 1.43 Å². The highest BCUT2D eigenvalue weighted by atomic mass is 127. The molecule has 0 saturated heterocycles. The predicted molar refractivity (Wildman–Crippen MR) is 78.2 cm³/mol. The Hall–Kier alpha value is 0.160. The molecule has 0 radical (unpaired) electrons. The van der Waals surface area contributed by atoms with Gasteiger partial charge in [-0.2, -0.15) is 0 Å². The number of alkyl halides is 2. The molecular formula is C12H10I2. The van der Waals surface area contributed by atoms with Crippen LogP contribution in [0.5, 0.6) is 0 Å². The summed E-state index contributed by atoms with van der Waals surface area (Å²) in [5, 5.41) is 0. The summed E-state index contributed by atoms with van der Waals surface area (Å²) in [5.41, 5.74) is 1.36. The SMILES string of the molecule is IC1(I)C=CC(c2ccccc2)C=C1. The maximum absolute atomic E-state index is 2.43. The zero-order valence-electron chi connectivity index (χ0n) is 7.53. The third-order valence-electron chi connectivity index (χ3n) is 2.24. The van der Waals surface area contributed by atoms with Crippen molar-refractivity contribution in [1.82, 2.24) is 0 Å². The van der Waals surface area contributed by atoms with E-state index in [1.54, 1.807) is 0 Å². The second kappa shape index (κ2) is 4.35. The van der Waals surface area contributed by atoms with Crippen molar-refractivity contribution in [3.8, 4) is 0 Å². The molecule has 0 atom stereocenters. The maximum atomic E-state index is 2.43. The van der Waals surface area contributed by atoms with Gasteiger partial charge in [-0.1, -0.05) is 99.8 Å². The van der Waals surface area contributed by atoms with Crippen molar-refractivity contribution < 1.29 is 0 Å². The molecule has 1 aromatic rings. The molecule has 0 spiro atoms. The molecule has 1 aliphatic rings. The van der Waals surface area contributed by atoms with Crippen LogP contribution in [0.15, 0.2) is 54.6 Å². The first-order valence-electron chi connectivity index (χ1n) is 4.49. The molecule has 0 aliphatic heterocycles. The highest BCUT2D eigenvalue weighted by Gasteiger charge is 2.19. The smallest absolute Gasteiger partial charge is 0.0748 e. The Labute approximate surface area is 112 Å². The van der Waals surface area contributed by atoms with Gasteiger partial charge in [0.25, 0.3) is 0 Å². The average molecular weight is 408 g/mol. The average Bonchev–Trinajstić information content (AvgIpc) is 2.19. The number of hydrogen-bond donors (Lipinski definition) is 0. The van der Waals surface area contributed by atoms with Gasteiger partial charge >= 0.3 is 0 Å². The monoisotopic (exact) mass is 408 g/mol. The van der Waals surface area contributed by atoms with Crippen LogP contribution in [0.3, 0.4) is 0 Å². The van der Waals surface area contributed by atoms with Crippen molar-refractivity contribution in [3.63, 3.8) is 0 Å². The quantitative estimate of drug-likeness (QED) is 0.366. The zero-order valence-corrected chi connectivity index (χ0v) is 11.8. The van der Waals surface area contributed by atoms with Gasteiger partial charge < -0.3 is 0 Å². The first-order chi connectivity index (χ1) is 6.67. The van der Waals surface area contributed by atoms with Crippen LogP contribution in [-0.4, -0.2) is 1.43 Å². The molecule has 1 aromatic carbocycles. The van der Waals surface area contributed by atoms with Crippen molar-refractivity contribution in [2.75, 3.05) is 0 Å². The third kappa shape index (κ3) is 2.59. The fourth-order valence-electron chi connectivity index (χ4n) is 1.48. The first-order valence-corrected chi connectivity index (χ1v) is 6.65. The Morgan fingerprint density at radius 1 is 0.929 bits per heavy atom. The summed E-state index contributed by atoms with van der Waals surface area (Å²) in [5.74, 6) is 0.453. The summed E-state index contributed by atoms with van der Waals surface area (Å²) >= 11 is 4.87. The van der Waals surface area contributed by atoms with Gasteiger partial charge in [-0.25, -0.2) is 0 Å². The fraction of sp³-hybridized carbons (Fsp3) is 0.167. The van der Waals surface area contributed by atoms with Crippen LogP contribution < -0.4 is 0 Å². The predicted octanol–water partition coefficient (Wildman–Crippen LogP) is 4.46. The van der Waals surface area contributed by atoms with E-state index in [-0.39, 0.29) is 1.43 Å². The molecule has 0 amide bonds. The van der Waals surface area contributed by atoms with E-state index < -0.39 is 0 Å². The Balaban J connectivity index is 2.22. The van der Waals surface area contributed by atoms with E-state index in [2.05, 4.69) is 99.8 Å². The topological polar surface area (TPSA) is 0 Å². The van der Waals surface area contributed by atoms with Gasteiger partial charge in [0.2, 0.25) is 0 Å². The van der Waals surface area contributed by atoms with Crippen LogP contribution in [0.2, 0.25) is 0 Å². The summed E-state index contributed by atoms with van der Waals surface area (Å²) in [6.45, 7) is 0. The van der Waals surface area contributed by atoms with E-state index in [0.29, 0.717) is 5.92 Å². The molecule has 0 aromatic heterocycles. The lowest BCUT2D eigenvalue weighted by atomic mass is 9.95. The number of benzene rings is 1. The number of hydrogen-bond acceptors (Lipinski definition) is 0. The van der Waals surface area contributed by atoms with E-state index in [1.165, 1.54) is 5.56 Å². The van der Waals surface area contributed by atoms with Crippen molar-refractivity contribution in [2.24, 2.45) is 0 Å². The molecule has 0 saturated carbocycles. The van der Waals surface area contributed by atoms with Crippen LogP contribution in [-0.2, 0) is 0 Å². The van der Waals surface area contributed by atoms with Crippen LogP contribution in [0.25, 0.3) is 0 Å². The van der Waals surface area contributed by atoms with Crippen molar-refractivity contribution >= 4 is 45.2 Å². The first kappa shape index (κ1) is 10.7. The molecule has 72 valence electrons. The summed E-state index contributed by atoms with van der Waals surface area (Å²) in [6.07, 6.45) is 9.06. The van der Waals surface area contributed by atoms with Crippen molar-refractivity contribution in [1.29, 1.82) is 0 Å². The van der Waals surface area contributed by atoms with Crippen LogP contribution in [0, 0.1) is 0 Å². The standard InChI is InChI=1S/C12H10I2/c13-12(14)8-6-11(7-9-12)10-4-2-1-3-5-10/h1-9,11H. The minimum absolute atomic E-state index is 0.167. The Bertz CT molecular complexity index is 347. The summed E-state index contributed by atoms with van der Waals surface area (Å²) in [6, 6.07) is 10.6. The summed E-state index contributed by atoms with van der Waals surface area (Å²) in [4.78, 5) is 0. The van der Waals surface area contributed by atoms with Gasteiger partial charge in [-0.05, 0) is 5.56 Å². The largest absolute Gasteiger partial charge is 0.109 e. The molecule has 2 rings (SSSR count). The molecule has 0 fully saturated rings. The lowest BCUT2D eigenvalue weighted by Crippen LogP contribution is -2.07. The van der Waals surface area contributed by atoms with E-state index in [9.17, 15) is 0 Å². The molecule has 0 heterocycles. The van der Waals surface area contributed by atoms with E-state index >= 15 is 0 Å². The van der Waals surface area contributed by atoms with Gasteiger partial charge in [-0.3, -0.25) is 0 Å². The number of halogens is 2. The minimum Gasteiger partial charge on any atom is -0.0748 e. The summed E-state index contributed by atoms with van der Waals surface area (Å²) in [7, 11) is 0. The Morgan fingerprint density at radius 2 is 1.50 bits per heavy atom. The third-order valence-corrected chi connectivity index (χ3v) is 3.67. The zero-order chi connectivity index (χ0) is 10.0. The molecular weight excluding hydrogens is 398 g/mol. The van der Waals surface area contributed by atoms with Gasteiger partial charge in [0, 0.05) is 5.92 Å². The second-order valence-corrected chi connectivity index (χ2v) is 8.96. The molecule has 0 unspecified atom stereocenters. The fourth-order valence-corrected chi connectivity index (χ4v) is 2.31. The second-order valence-electron chi connectivity index (χ2n) is 3.33. The van der Waals surface area contributed by atoms with Gasteiger partial charge in [0.15, 0.2) is 0 Å². The van der Waals surface area contributed by atoms with Crippen LogP contribution in [0.4, 0.5) is 0 Å². The van der Waals surface area contributed by atoms with E-state index in [0.717, 1.165) is 0 Å². The maximum Gasteiger partial charge on any atom is 0.109 e. The molecule has 0 nitrogen and oxygen atoms in total. The highest BCUT2D eigenvalue weighted by molar-refractivity contribution is 14.2. The molecule has 14 heavy (non-hydrogen) atoms. The lowest BCUT2D eigenvalue weighted by molar-refractivity contribution is 1.04. The van der Waals surface area contributed by atoms with Crippen LogP contribution in [0.1, 0.15) is 11.5 Å². The normalized spacial score (nSPS) is 19.9. The van der Waals surface area contributed by atoms with Gasteiger partial charge in [-0.15, -0.1) is 0 Å². The molecule has 0 bridgehead atoms. The molecule has 1 aliphatic carbocycles. The van der Waals surface area contributed by atoms with Crippen LogP contribution >= 0.6 is 45.2 Å². The van der Waals surface area contributed by atoms with E-state index in [1.807, 2.05) is 0 Å². The molecule has 0 N–H and O–H groups in total. The van der Waals surface area contributed by atoms with Gasteiger partial charge in [0.05, 0.1) is 0 Å². The summed E-state index contributed by atoms with van der Waals surface area (Å²) < 4.78 is 0.167. The molecule has 2 heteroatoms. The Kier molecular flexibility index (Phi) is 3.31. The highest BCUT2D eigenvalue weighted by Crippen LogP contribution is 2.37. The number of rotatable bonds is 1. The van der Waals surface area contributed by atoms with E-state index in [4.69, 9.17) is 0 Å². The Morgan fingerprint density at radius 3 is 2.07 bits per heavy atom. The van der Waals surface area contributed by atoms with Crippen molar-refractivity contribution in [2.45, 2.75) is 7.35 Å².